The Kier molecular flexibility index (Phi) is 8.74. The van der Waals surface area contributed by atoms with Gasteiger partial charge in [-0.05, 0) is 45.9 Å². The van der Waals surface area contributed by atoms with Crippen molar-refractivity contribution in [2.45, 2.75) is 65.2 Å². The number of H-pyrrole nitrogens is 1. The molecule has 1 atom stereocenters. The number of hydrogen-bond acceptors (Lipinski definition) is 8. The lowest BCUT2D eigenvalue weighted by atomic mass is 9.96. The zero-order valence-corrected chi connectivity index (χ0v) is 24.3. The van der Waals surface area contributed by atoms with Crippen LogP contribution in [0.3, 0.4) is 0 Å². The smallest absolute Gasteiger partial charge is 0.404 e. The third kappa shape index (κ3) is 7.16. The number of nitrogens with zero attached hydrogens (tertiary/aromatic N) is 3. The van der Waals surface area contributed by atoms with E-state index < -0.39 is 21.4 Å². The van der Waals surface area contributed by atoms with Crippen LogP contribution in [0.4, 0.5) is 16.4 Å². The molecule has 0 radical (unpaired) electrons. The second-order valence-electron chi connectivity index (χ2n) is 10.6. The summed E-state index contributed by atoms with van der Waals surface area (Å²) < 4.78 is 33.7. The minimum atomic E-state index is -3.61. The number of imidazole rings is 1. The highest BCUT2D eigenvalue weighted by atomic mass is 32.2. The lowest BCUT2D eigenvalue weighted by molar-refractivity contribution is 0.191. The Labute approximate surface area is 229 Å². The van der Waals surface area contributed by atoms with E-state index in [9.17, 15) is 13.2 Å². The first-order valence-electron chi connectivity index (χ1n) is 12.5. The van der Waals surface area contributed by atoms with E-state index in [1.54, 1.807) is 46.0 Å². The molecule has 0 aliphatic rings. The number of benzene rings is 1. The Morgan fingerprint density at radius 1 is 1.18 bits per heavy atom. The monoisotopic (exact) mass is 559 g/mol. The fraction of sp³-hybridized carbons (Fsp3) is 0.462. The molecule has 212 valence electrons. The summed E-state index contributed by atoms with van der Waals surface area (Å²) in [5, 5.41) is 13.7. The summed E-state index contributed by atoms with van der Waals surface area (Å²) in [5.41, 5.74) is 3.08. The minimum absolute atomic E-state index is 0.285. The van der Waals surface area contributed by atoms with Crippen molar-refractivity contribution in [1.29, 1.82) is 0 Å². The minimum Gasteiger partial charge on any atom is -0.496 e. The quantitative estimate of drug-likeness (QED) is 0.242. The predicted molar refractivity (Wildman–Crippen MR) is 152 cm³/mol. The number of anilines is 2. The number of nitrogens with one attached hydrogen (secondary N) is 4. The van der Waals surface area contributed by atoms with E-state index in [1.807, 2.05) is 26.8 Å². The maximum Gasteiger partial charge on any atom is 0.404 e. The van der Waals surface area contributed by atoms with Crippen molar-refractivity contribution in [2.75, 3.05) is 23.7 Å². The highest BCUT2D eigenvalue weighted by Gasteiger charge is 2.25. The van der Waals surface area contributed by atoms with E-state index in [0.29, 0.717) is 51.4 Å². The number of hydrogen-bond donors (Lipinski definition) is 5. The predicted octanol–water partition coefficient (Wildman–Crippen LogP) is 4.37. The van der Waals surface area contributed by atoms with Crippen LogP contribution in [-0.4, -0.2) is 64.5 Å². The highest BCUT2D eigenvalue weighted by Crippen LogP contribution is 2.38. The molecule has 12 nitrogen and oxygen atoms in total. The van der Waals surface area contributed by atoms with E-state index in [2.05, 4.69) is 30.3 Å². The molecular weight excluding hydrogens is 522 g/mol. The van der Waals surface area contributed by atoms with Gasteiger partial charge in [-0.15, -0.1) is 0 Å². The van der Waals surface area contributed by atoms with Crippen LogP contribution in [0.2, 0.25) is 0 Å². The average Bonchev–Trinajstić information content (AvgIpc) is 3.30. The number of ether oxygens (including phenoxy) is 1. The van der Waals surface area contributed by atoms with Crippen molar-refractivity contribution in [3.8, 4) is 28.4 Å². The number of sulfonamides is 1. The fourth-order valence-corrected chi connectivity index (χ4v) is 4.38. The molecule has 1 aromatic carbocycles. The third-order valence-corrected chi connectivity index (χ3v) is 7.73. The second kappa shape index (κ2) is 11.5. The first-order chi connectivity index (χ1) is 18.1. The number of rotatable bonds is 10. The van der Waals surface area contributed by atoms with Gasteiger partial charge in [-0.25, -0.2) is 28.2 Å². The number of amides is 1. The van der Waals surface area contributed by atoms with Crippen molar-refractivity contribution in [2.24, 2.45) is 0 Å². The average molecular weight is 560 g/mol. The summed E-state index contributed by atoms with van der Waals surface area (Å²) in [6, 6.07) is 4.93. The lowest BCUT2D eigenvalue weighted by Crippen LogP contribution is -2.36. The van der Waals surface area contributed by atoms with Gasteiger partial charge in [0.15, 0.2) is 0 Å². The van der Waals surface area contributed by atoms with Crippen molar-refractivity contribution in [3.63, 3.8) is 0 Å². The zero-order valence-electron chi connectivity index (χ0n) is 23.5. The van der Waals surface area contributed by atoms with Gasteiger partial charge < -0.3 is 25.5 Å². The second-order valence-corrected chi connectivity index (χ2v) is 12.8. The van der Waals surface area contributed by atoms with Crippen LogP contribution in [0.1, 0.15) is 52.9 Å². The molecule has 0 spiro atoms. The molecule has 1 amide bonds. The molecule has 1 unspecified atom stereocenters. The lowest BCUT2D eigenvalue weighted by Gasteiger charge is -2.17. The summed E-state index contributed by atoms with van der Waals surface area (Å²) in [4.78, 5) is 28.1. The van der Waals surface area contributed by atoms with E-state index in [-0.39, 0.29) is 18.0 Å². The van der Waals surface area contributed by atoms with Crippen LogP contribution in [-0.2, 0) is 15.4 Å². The number of aromatic nitrogens is 4. The molecule has 0 fully saturated rings. The Balaban J connectivity index is 2.13. The molecule has 2 heterocycles. The largest absolute Gasteiger partial charge is 0.496 e. The highest BCUT2D eigenvalue weighted by molar-refractivity contribution is 7.93. The van der Waals surface area contributed by atoms with Crippen molar-refractivity contribution in [1.82, 2.24) is 25.3 Å². The normalized spacial score (nSPS) is 12.7. The molecule has 0 bridgehead atoms. The molecule has 3 aromatic rings. The van der Waals surface area contributed by atoms with Crippen molar-refractivity contribution < 1.29 is 23.1 Å². The maximum atomic E-state index is 12.7. The van der Waals surface area contributed by atoms with E-state index >= 15 is 0 Å². The third-order valence-electron chi connectivity index (χ3n) is 5.99. The van der Waals surface area contributed by atoms with Crippen LogP contribution in [0.25, 0.3) is 22.6 Å². The van der Waals surface area contributed by atoms with Gasteiger partial charge in [0.1, 0.15) is 11.6 Å². The van der Waals surface area contributed by atoms with Gasteiger partial charge in [-0.1, -0.05) is 20.8 Å². The molecule has 2 aromatic heterocycles. The van der Waals surface area contributed by atoms with Crippen LogP contribution < -0.4 is 20.1 Å². The molecule has 0 saturated heterocycles. The fourth-order valence-electron chi connectivity index (χ4n) is 3.63. The van der Waals surface area contributed by atoms with Gasteiger partial charge in [0.2, 0.25) is 16.0 Å². The Morgan fingerprint density at radius 2 is 1.87 bits per heavy atom. The van der Waals surface area contributed by atoms with Gasteiger partial charge in [0.05, 0.1) is 35.1 Å². The zero-order chi connectivity index (χ0) is 29.1. The van der Waals surface area contributed by atoms with Crippen molar-refractivity contribution in [3.05, 3.63) is 35.8 Å². The van der Waals surface area contributed by atoms with Crippen LogP contribution >= 0.6 is 0 Å². The summed E-state index contributed by atoms with van der Waals surface area (Å²) in [5.74, 6) is 1.53. The summed E-state index contributed by atoms with van der Waals surface area (Å²) in [6.45, 7) is 13.1. The molecule has 0 saturated carbocycles. The molecular formula is C26H37N7O5S. The van der Waals surface area contributed by atoms with E-state index in [1.165, 1.54) is 7.11 Å². The Hall–Kier alpha value is -3.87. The van der Waals surface area contributed by atoms with Crippen LogP contribution in [0, 0.1) is 6.92 Å². The van der Waals surface area contributed by atoms with Crippen LogP contribution in [0.5, 0.6) is 5.75 Å². The maximum absolute atomic E-state index is 12.7. The molecule has 0 aliphatic carbocycles. The van der Waals surface area contributed by atoms with Gasteiger partial charge in [0, 0.05) is 35.3 Å². The van der Waals surface area contributed by atoms with Gasteiger partial charge in [0.25, 0.3) is 0 Å². The number of carbonyl (C=O) groups is 1. The molecule has 5 N–H and O–H groups in total. The summed E-state index contributed by atoms with van der Waals surface area (Å²) >= 11 is 0. The van der Waals surface area contributed by atoms with Crippen LogP contribution in [0.15, 0.2) is 24.4 Å². The molecule has 3 rings (SSSR count). The number of carboxylic acid groups (broad SMARTS) is 1. The Bertz CT molecular complexity index is 1450. The number of aromatic amines is 1. The van der Waals surface area contributed by atoms with Gasteiger partial charge in [-0.3, -0.25) is 4.72 Å². The van der Waals surface area contributed by atoms with E-state index in [4.69, 9.17) is 14.8 Å². The topological polar surface area (TPSA) is 171 Å². The van der Waals surface area contributed by atoms with E-state index in [0.717, 1.165) is 0 Å². The first kappa shape index (κ1) is 29.7. The molecule has 39 heavy (non-hydrogen) atoms. The van der Waals surface area contributed by atoms with Gasteiger partial charge >= 0.3 is 6.09 Å². The Morgan fingerprint density at radius 3 is 2.46 bits per heavy atom. The van der Waals surface area contributed by atoms with Gasteiger partial charge in [-0.2, -0.15) is 0 Å². The molecule has 13 heteroatoms. The SMILES string of the molecule is COc1cc(-c2nc(C(C)(C)C)[nH]c2-c2ccnc(NCC(C)NC(=O)O)n2)cc(NS(=O)(=O)C(C)C)c1C. The standard InChI is InChI=1S/C26H37N7O5S/c1-14(2)39(36,37)33-19-11-17(12-20(38-8)16(19)4)21-22(32-23(31-21)26(5,6)7)18-9-10-27-24(30-18)28-13-15(3)29-25(34)35/h9-12,14-15,29,33H,13H2,1-8H3,(H,31,32)(H,34,35)(H,27,28,30). The number of methoxy groups -OCH3 is 1. The first-order valence-corrected chi connectivity index (χ1v) is 14.0. The summed E-state index contributed by atoms with van der Waals surface area (Å²) in [7, 11) is -2.08. The summed E-state index contributed by atoms with van der Waals surface area (Å²) in [6.07, 6.45) is 0.485. The molecule has 0 aliphatic heterocycles. The van der Waals surface area contributed by atoms with Crippen molar-refractivity contribution >= 4 is 27.8 Å².